The summed E-state index contributed by atoms with van der Waals surface area (Å²) in [5, 5.41) is 4.95. The van der Waals surface area contributed by atoms with Crippen LogP contribution in [0.1, 0.15) is 10.4 Å². The summed E-state index contributed by atoms with van der Waals surface area (Å²) in [6.07, 6.45) is 0. The van der Waals surface area contributed by atoms with E-state index in [0.717, 1.165) is 4.88 Å². The Morgan fingerprint density at radius 2 is 1.93 bits per heavy atom. The minimum Gasteiger partial charge on any atom is -0.452 e. The number of rotatable bonds is 5. The van der Waals surface area contributed by atoms with E-state index >= 15 is 0 Å². The highest BCUT2D eigenvalue weighted by Gasteiger charge is 2.17. The van der Waals surface area contributed by atoms with E-state index in [9.17, 15) is 14.0 Å². The first-order valence-corrected chi connectivity index (χ1v) is 10.5. The highest BCUT2D eigenvalue weighted by atomic mass is 79.9. The number of thiophene rings is 1. The van der Waals surface area contributed by atoms with Gasteiger partial charge in [0.05, 0.1) is 27.3 Å². The second-order valence-corrected chi connectivity index (χ2v) is 8.16. The zero-order chi connectivity index (χ0) is 21.1. The number of amides is 1. The lowest BCUT2D eigenvalue weighted by Crippen LogP contribution is -2.21. The third-order valence-electron chi connectivity index (χ3n) is 4.25. The minimum atomic E-state index is -0.655. The van der Waals surface area contributed by atoms with E-state index < -0.39 is 24.3 Å². The van der Waals surface area contributed by atoms with Crippen molar-refractivity contribution in [2.45, 2.75) is 0 Å². The molecule has 0 aliphatic heterocycles. The number of anilines is 1. The molecule has 0 aliphatic carbocycles. The monoisotopic (exact) mass is 484 g/mol. The summed E-state index contributed by atoms with van der Waals surface area (Å²) < 4.78 is 19.6. The quantitative estimate of drug-likeness (QED) is 0.371. The van der Waals surface area contributed by atoms with Crippen molar-refractivity contribution in [3.05, 3.63) is 81.9 Å². The second kappa shape index (κ2) is 8.73. The zero-order valence-corrected chi connectivity index (χ0v) is 17.8. The summed E-state index contributed by atoms with van der Waals surface area (Å²) in [6.45, 7) is -0.542. The van der Waals surface area contributed by atoms with Gasteiger partial charge in [-0.3, -0.25) is 4.79 Å². The third-order valence-corrected chi connectivity index (χ3v) is 5.63. The van der Waals surface area contributed by atoms with Crippen LogP contribution in [-0.4, -0.2) is 23.5 Å². The number of nitrogens with zero attached hydrogens (tertiary/aromatic N) is 1. The van der Waals surface area contributed by atoms with Crippen LogP contribution in [0.3, 0.4) is 0 Å². The number of halogens is 2. The van der Waals surface area contributed by atoms with Gasteiger partial charge in [-0.25, -0.2) is 14.2 Å². The van der Waals surface area contributed by atoms with Gasteiger partial charge in [0.1, 0.15) is 5.82 Å². The number of para-hydroxylation sites is 1. The smallest absolute Gasteiger partial charge is 0.339 e. The van der Waals surface area contributed by atoms with Crippen molar-refractivity contribution < 1.29 is 18.7 Å². The van der Waals surface area contributed by atoms with Gasteiger partial charge in [0, 0.05) is 9.86 Å². The van der Waals surface area contributed by atoms with Crippen LogP contribution in [0.2, 0.25) is 0 Å². The van der Waals surface area contributed by atoms with E-state index in [1.165, 1.54) is 23.5 Å². The number of aromatic nitrogens is 1. The fourth-order valence-corrected chi connectivity index (χ4v) is 3.90. The Balaban J connectivity index is 1.53. The predicted molar refractivity (Wildman–Crippen MR) is 118 cm³/mol. The molecule has 5 nitrogen and oxygen atoms in total. The van der Waals surface area contributed by atoms with Crippen LogP contribution in [-0.2, 0) is 9.53 Å². The molecule has 0 saturated carbocycles. The molecule has 0 fully saturated rings. The molecule has 2 heterocycles. The molecule has 0 saturated heterocycles. The number of carbonyl (C=O) groups excluding carboxylic acids is 2. The Hall–Kier alpha value is -3.10. The van der Waals surface area contributed by atoms with Crippen LogP contribution >= 0.6 is 27.3 Å². The summed E-state index contributed by atoms with van der Waals surface area (Å²) >= 11 is 4.66. The van der Waals surface area contributed by atoms with Gasteiger partial charge in [0.25, 0.3) is 5.91 Å². The number of nitrogens with one attached hydrogen (secondary N) is 1. The van der Waals surface area contributed by atoms with Crippen LogP contribution in [0, 0.1) is 5.82 Å². The van der Waals surface area contributed by atoms with Crippen LogP contribution in [0.25, 0.3) is 21.5 Å². The third kappa shape index (κ3) is 4.39. The molecule has 1 amide bonds. The molecule has 4 aromatic rings. The number of hydrogen-bond acceptors (Lipinski definition) is 5. The van der Waals surface area contributed by atoms with Crippen molar-refractivity contribution in [2.75, 3.05) is 11.9 Å². The lowest BCUT2D eigenvalue weighted by Gasteiger charge is -2.10. The van der Waals surface area contributed by atoms with Crippen molar-refractivity contribution in [3.63, 3.8) is 0 Å². The fourth-order valence-electron chi connectivity index (χ4n) is 2.88. The van der Waals surface area contributed by atoms with E-state index in [-0.39, 0.29) is 5.69 Å². The molecular weight excluding hydrogens is 471 g/mol. The first kappa shape index (κ1) is 20.2. The molecule has 0 radical (unpaired) electrons. The zero-order valence-electron chi connectivity index (χ0n) is 15.4. The largest absolute Gasteiger partial charge is 0.452 e. The van der Waals surface area contributed by atoms with Crippen molar-refractivity contribution in [1.82, 2.24) is 4.98 Å². The summed E-state index contributed by atoms with van der Waals surface area (Å²) in [7, 11) is 0. The van der Waals surface area contributed by atoms with Crippen molar-refractivity contribution in [1.29, 1.82) is 0 Å². The molecule has 30 heavy (non-hydrogen) atoms. The van der Waals surface area contributed by atoms with E-state index in [4.69, 9.17) is 4.74 Å². The van der Waals surface area contributed by atoms with Gasteiger partial charge in [-0.2, -0.15) is 0 Å². The highest BCUT2D eigenvalue weighted by Crippen LogP contribution is 2.28. The van der Waals surface area contributed by atoms with E-state index in [1.54, 1.807) is 24.3 Å². The highest BCUT2D eigenvalue weighted by molar-refractivity contribution is 9.10. The SMILES string of the molecule is O=C(COC(=O)c1cc(-c2cccs2)nc2ccccc12)Nc1ccc(Br)cc1F. The van der Waals surface area contributed by atoms with Crippen LogP contribution in [0.15, 0.2) is 70.5 Å². The van der Waals surface area contributed by atoms with E-state index in [2.05, 4.69) is 26.2 Å². The molecule has 4 rings (SSSR count). The second-order valence-electron chi connectivity index (χ2n) is 6.30. The molecule has 0 spiro atoms. The normalized spacial score (nSPS) is 10.7. The Labute approximate surface area is 183 Å². The number of ether oxygens (including phenoxy) is 1. The molecule has 0 aliphatic rings. The number of hydrogen-bond donors (Lipinski definition) is 1. The van der Waals surface area contributed by atoms with E-state index in [0.29, 0.717) is 26.6 Å². The number of carbonyl (C=O) groups is 2. The maximum absolute atomic E-state index is 13.9. The summed E-state index contributed by atoms with van der Waals surface area (Å²) in [4.78, 5) is 30.4. The molecule has 0 unspecified atom stereocenters. The van der Waals surface area contributed by atoms with Gasteiger partial charge in [-0.15, -0.1) is 11.3 Å². The molecule has 8 heteroatoms. The fraction of sp³-hybridized carbons (Fsp3) is 0.0455. The van der Waals surface area contributed by atoms with Gasteiger partial charge < -0.3 is 10.1 Å². The van der Waals surface area contributed by atoms with Crippen LogP contribution < -0.4 is 5.32 Å². The van der Waals surface area contributed by atoms with Gasteiger partial charge in [0.15, 0.2) is 6.61 Å². The van der Waals surface area contributed by atoms with E-state index in [1.807, 2.05) is 29.6 Å². The molecule has 150 valence electrons. The van der Waals surface area contributed by atoms with Gasteiger partial charge >= 0.3 is 5.97 Å². The minimum absolute atomic E-state index is 0.00796. The average Bonchev–Trinajstić information content (AvgIpc) is 3.28. The standard InChI is InChI=1S/C22H14BrFN2O3S/c23-13-7-8-18(16(24)10-13)26-21(27)12-29-22(28)15-11-19(20-6-3-9-30-20)25-17-5-2-1-4-14(15)17/h1-11H,12H2,(H,26,27). The van der Waals surface area contributed by atoms with Crippen LogP contribution in [0.5, 0.6) is 0 Å². The molecule has 0 bridgehead atoms. The maximum Gasteiger partial charge on any atom is 0.339 e. The summed E-state index contributed by atoms with van der Waals surface area (Å²) in [6, 6.07) is 16.9. The summed E-state index contributed by atoms with van der Waals surface area (Å²) in [5.41, 5.74) is 1.62. The first-order chi connectivity index (χ1) is 14.5. The lowest BCUT2D eigenvalue weighted by atomic mass is 10.1. The summed E-state index contributed by atoms with van der Waals surface area (Å²) in [5.74, 6) is -1.89. The number of fused-ring (bicyclic) bond motifs is 1. The average molecular weight is 485 g/mol. The Morgan fingerprint density at radius 1 is 1.10 bits per heavy atom. The molecule has 2 aromatic heterocycles. The molecule has 2 aromatic carbocycles. The number of pyridine rings is 1. The van der Waals surface area contributed by atoms with Crippen molar-refractivity contribution in [3.8, 4) is 10.6 Å². The number of benzene rings is 2. The van der Waals surface area contributed by atoms with Gasteiger partial charge in [-0.1, -0.05) is 40.2 Å². The van der Waals surface area contributed by atoms with Gasteiger partial charge in [0.2, 0.25) is 0 Å². The number of esters is 1. The first-order valence-electron chi connectivity index (χ1n) is 8.87. The Bertz CT molecular complexity index is 1240. The van der Waals surface area contributed by atoms with Crippen molar-refractivity contribution >= 4 is 55.7 Å². The molecule has 0 atom stereocenters. The Kier molecular flexibility index (Phi) is 5.87. The van der Waals surface area contributed by atoms with Crippen LogP contribution in [0.4, 0.5) is 10.1 Å². The predicted octanol–water partition coefficient (Wildman–Crippen LogP) is 5.66. The van der Waals surface area contributed by atoms with Gasteiger partial charge in [-0.05, 0) is 41.8 Å². The lowest BCUT2D eigenvalue weighted by molar-refractivity contribution is -0.119. The molecular formula is C22H14BrFN2O3S. The molecule has 1 N–H and O–H groups in total. The maximum atomic E-state index is 13.9. The van der Waals surface area contributed by atoms with Crippen molar-refractivity contribution in [2.24, 2.45) is 0 Å². The topological polar surface area (TPSA) is 68.3 Å². The Morgan fingerprint density at radius 3 is 2.70 bits per heavy atom.